The third kappa shape index (κ3) is 4.84. The Morgan fingerprint density at radius 3 is 2.47 bits per heavy atom. The zero-order chi connectivity index (χ0) is 14.5. The number of rotatable bonds is 7. The minimum absolute atomic E-state index is 0.300. The van der Waals surface area contributed by atoms with Crippen molar-refractivity contribution in [2.45, 2.75) is 46.6 Å². The molecule has 1 aromatic carbocycles. The maximum absolute atomic E-state index is 10.3. The van der Waals surface area contributed by atoms with Crippen molar-refractivity contribution < 1.29 is 9.84 Å². The minimum Gasteiger partial charge on any atom is -0.490 e. The second-order valence-corrected chi connectivity index (χ2v) is 5.62. The molecule has 0 saturated carbocycles. The van der Waals surface area contributed by atoms with E-state index < -0.39 is 5.60 Å². The Morgan fingerprint density at radius 1 is 1.21 bits per heavy atom. The molecular weight excluding hydrogens is 238 g/mol. The Bertz CT molecular complexity index is 413. The van der Waals surface area contributed by atoms with E-state index in [4.69, 9.17) is 4.74 Å². The summed E-state index contributed by atoms with van der Waals surface area (Å²) < 4.78 is 5.85. The molecular formula is C16H27NO2. The van der Waals surface area contributed by atoms with E-state index in [2.05, 4.69) is 38.2 Å². The molecule has 2 N–H and O–H groups in total. The SMILES string of the molecule is CCCNCC(C)(O)COc1c(C)ccc(C)c1C. The van der Waals surface area contributed by atoms with Crippen LogP contribution in [0.3, 0.4) is 0 Å². The van der Waals surface area contributed by atoms with Gasteiger partial charge in [-0.1, -0.05) is 19.1 Å². The van der Waals surface area contributed by atoms with Gasteiger partial charge in [0.05, 0.1) is 0 Å². The fraction of sp³-hybridized carbons (Fsp3) is 0.625. The summed E-state index contributed by atoms with van der Waals surface area (Å²) in [5.74, 6) is 0.899. The van der Waals surface area contributed by atoms with Gasteiger partial charge in [-0.2, -0.15) is 0 Å². The molecule has 1 unspecified atom stereocenters. The summed E-state index contributed by atoms with van der Waals surface area (Å²) in [6.07, 6.45) is 1.06. The highest BCUT2D eigenvalue weighted by molar-refractivity contribution is 5.44. The summed E-state index contributed by atoms with van der Waals surface area (Å²) in [7, 11) is 0. The van der Waals surface area contributed by atoms with Crippen LogP contribution in [0.1, 0.15) is 37.0 Å². The van der Waals surface area contributed by atoms with E-state index in [-0.39, 0.29) is 0 Å². The van der Waals surface area contributed by atoms with Crippen LogP contribution in [-0.2, 0) is 0 Å². The second kappa shape index (κ2) is 6.92. The van der Waals surface area contributed by atoms with Crippen molar-refractivity contribution in [1.29, 1.82) is 0 Å². The molecule has 0 aliphatic heterocycles. The molecule has 3 nitrogen and oxygen atoms in total. The first-order valence-electron chi connectivity index (χ1n) is 7.00. The van der Waals surface area contributed by atoms with Crippen LogP contribution >= 0.6 is 0 Å². The predicted octanol–water partition coefficient (Wildman–Crippen LogP) is 2.74. The number of aryl methyl sites for hydroxylation is 2. The van der Waals surface area contributed by atoms with Gasteiger partial charge < -0.3 is 15.2 Å². The molecule has 1 atom stereocenters. The fourth-order valence-corrected chi connectivity index (χ4v) is 1.96. The molecule has 0 amide bonds. The average Bonchev–Trinajstić information content (AvgIpc) is 2.34. The lowest BCUT2D eigenvalue weighted by atomic mass is 10.0. The summed E-state index contributed by atoms with van der Waals surface area (Å²) >= 11 is 0. The van der Waals surface area contributed by atoms with E-state index in [1.54, 1.807) is 6.92 Å². The van der Waals surface area contributed by atoms with Gasteiger partial charge in [-0.15, -0.1) is 0 Å². The summed E-state index contributed by atoms with van der Waals surface area (Å²) in [6.45, 7) is 11.8. The minimum atomic E-state index is -0.849. The molecule has 0 radical (unpaired) electrons. The van der Waals surface area contributed by atoms with E-state index in [1.807, 2.05) is 6.92 Å². The maximum atomic E-state index is 10.3. The lowest BCUT2D eigenvalue weighted by Gasteiger charge is -2.25. The van der Waals surface area contributed by atoms with Crippen LogP contribution in [0, 0.1) is 20.8 Å². The van der Waals surface area contributed by atoms with Gasteiger partial charge in [-0.3, -0.25) is 0 Å². The van der Waals surface area contributed by atoms with Crippen LogP contribution < -0.4 is 10.1 Å². The van der Waals surface area contributed by atoms with Crippen LogP contribution in [0.5, 0.6) is 5.75 Å². The van der Waals surface area contributed by atoms with Gasteiger partial charge in [-0.05, 0) is 57.4 Å². The summed E-state index contributed by atoms with van der Waals surface area (Å²) in [6, 6.07) is 4.15. The van der Waals surface area contributed by atoms with Crippen LogP contribution in [0.25, 0.3) is 0 Å². The molecule has 0 fully saturated rings. The quantitative estimate of drug-likeness (QED) is 0.745. The highest BCUT2D eigenvalue weighted by Crippen LogP contribution is 2.26. The van der Waals surface area contributed by atoms with Crippen molar-refractivity contribution in [2.75, 3.05) is 19.7 Å². The number of ether oxygens (including phenoxy) is 1. The van der Waals surface area contributed by atoms with Crippen molar-refractivity contribution in [1.82, 2.24) is 5.32 Å². The van der Waals surface area contributed by atoms with Crippen molar-refractivity contribution in [3.05, 3.63) is 28.8 Å². The summed E-state index contributed by atoms with van der Waals surface area (Å²) in [5.41, 5.74) is 2.62. The summed E-state index contributed by atoms with van der Waals surface area (Å²) in [5, 5.41) is 13.5. The Balaban J connectivity index is 2.63. The van der Waals surface area contributed by atoms with Gasteiger partial charge in [0.25, 0.3) is 0 Å². The highest BCUT2D eigenvalue weighted by atomic mass is 16.5. The van der Waals surface area contributed by atoms with Gasteiger partial charge in [0, 0.05) is 6.54 Å². The average molecular weight is 265 g/mol. The molecule has 0 spiro atoms. The van der Waals surface area contributed by atoms with Gasteiger partial charge >= 0.3 is 0 Å². The highest BCUT2D eigenvalue weighted by Gasteiger charge is 2.21. The van der Waals surface area contributed by atoms with Crippen molar-refractivity contribution in [2.24, 2.45) is 0 Å². The van der Waals surface area contributed by atoms with Crippen LogP contribution in [0.4, 0.5) is 0 Å². The van der Waals surface area contributed by atoms with E-state index in [1.165, 1.54) is 5.56 Å². The maximum Gasteiger partial charge on any atom is 0.125 e. The molecule has 0 bridgehead atoms. The molecule has 108 valence electrons. The number of hydrogen-bond donors (Lipinski definition) is 2. The Morgan fingerprint density at radius 2 is 1.84 bits per heavy atom. The Labute approximate surface area is 117 Å². The molecule has 0 aliphatic carbocycles. The number of benzene rings is 1. The lowest BCUT2D eigenvalue weighted by molar-refractivity contribution is 0.0120. The zero-order valence-electron chi connectivity index (χ0n) is 12.8. The van der Waals surface area contributed by atoms with Gasteiger partial charge in [-0.25, -0.2) is 0 Å². The second-order valence-electron chi connectivity index (χ2n) is 5.62. The molecule has 3 heteroatoms. The van der Waals surface area contributed by atoms with Crippen molar-refractivity contribution in [3.63, 3.8) is 0 Å². The van der Waals surface area contributed by atoms with Crippen LogP contribution in [0.2, 0.25) is 0 Å². The van der Waals surface area contributed by atoms with E-state index in [0.717, 1.165) is 29.8 Å². The number of aliphatic hydroxyl groups is 1. The molecule has 0 aliphatic rings. The smallest absolute Gasteiger partial charge is 0.125 e. The van der Waals surface area contributed by atoms with Crippen molar-refractivity contribution >= 4 is 0 Å². The number of nitrogens with one attached hydrogen (secondary N) is 1. The molecule has 19 heavy (non-hydrogen) atoms. The van der Waals surface area contributed by atoms with Gasteiger partial charge in [0.1, 0.15) is 18.0 Å². The lowest BCUT2D eigenvalue weighted by Crippen LogP contribution is -2.43. The first-order valence-corrected chi connectivity index (χ1v) is 7.00. The standard InChI is InChI=1S/C16H27NO2/c1-6-9-17-10-16(5,18)11-19-15-13(3)8-7-12(2)14(15)4/h7-8,17-18H,6,9-11H2,1-5H3. The normalized spacial score (nSPS) is 14.2. The number of hydrogen-bond acceptors (Lipinski definition) is 3. The van der Waals surface area contributed by atoms with E-state index in [0.29, 0.717) is 13.2 Å². The van der Waals surface area contributed by atoms with E-state index >= 15 is 0 Å². The molecule has 0 aromatic heterocycles. The molecule has 0 saturated heterocycles. The van der Waals surface area contributed by atoms with Gasteiger partial charge in [0.15, 0.2) is 0 Å². The Hall–Kier alpha value is -1.06. The monoisotopic (exact) mass is 265 g/mol. The van der Waals surface area contributed by atoms with E-state index in [9.17, 15) is 5.11 Å². The zero-order valence-corrected chi connectivity index (χ0v) is 12.8. The third-order valence-corrected chi connectivity index (χ3v) is 3.33. The van der Waals surface area contributed by atoms with Crippen molar-refractivity contribution in [3.8, 4) is 5.75 Å². The fourth-order valence-electron chi connectivity index (χ4n) is 1.96. The summed E-state index contributed by atoms with van der Waals surface area (Å²) in [4.78, 5) is 0. The predicted molar refractivity (Wildman–Crippen MR) is 79.9 cm³/mol. The first kappa shape index (κ1) is 16.0. The largest absolute Gasteiger partial charge is 0.490 e. The molecule has 1 aromatic rings. The van der Waals surface area contributed by atoms with Crippen LogP contribution in [-0.4, -0.2) is 30.4 Å². The third-order valence-electron chi connectivity index (χ3n) is 3.33. The molecule has 0 heterocycles. The Kier molecular flexibility index (Phi) is 5.83. The topological polar surface area (TPSA) is 41.5 Å². The van der Waals surface area contributed by atoms with Gasteiger partial charge in [0.2, 0.25) is 0 Å². The first-order chi connectivity index (χ1) is 8.87. The molecule has 1 rings (SSSR count). The van der Waals surface area contributed by atoms with Crippen LogP contribution in [0.15, 0.2) is 12.1 Å².